The lowest BCUT2D eigenvalue weighted by molar-refractivity contribution is -0.138. The summed E-state index contributed by atoms with van der Waals surface area (Å²) in [6.45, 7) is 1.66. The van der Waals surface area contributed by atoms with E-state index in [2.05, 4.69) is 5.32 Å². The van der Waals surface area contributed by atoms with E-state index >= 15 is 0 Å². The van der Waals surface area contributed by atoms with E-state index in [1.807, 2.05) is 0 Å². The lowest BCUT2D eigenvalue weighted by atomic mass is 10.2. The highest BCUT2D eigenvalue weighted by Crippen LogP contribution is 2.33. The molecule has 0 unspecified atom stereocenters. The van der Waals surface area contributed by atoms with Gasteiger partial charge in [-0.3, -0.25) is 0 Å². The molecule has 2 rings (SSSR count). The Bertz CT molecular complexity index is 314. The molecule has 2 nitrogen and oxygen atoms in total. The fourth-order valence-corrected chi connectivity index (χ4v) is 1.58. The second-order valence-corrected chi connectivity index (χ2v) is 3.04. The van der Waals surface area contributed by atoms with Crippen molar-refractivity contribution in [2.24, 2.45) is 0 Å². The molecule has 0 amide bonds. The first kappa shape index (κ1) is 8.62. The molecule has 1 N–H and O–H groups in total. The number of fused-ring (bicyclic) bond motifs is 1. The van der Waals surface area contributed by atoms with Gasteiger partial charge in [-0.2, -0.15) is 13.2 Å². The predicted octanol–water partition coefficient (Wildman–Crippen LogP) is 1.61. The Labute approximate surface area is 73.4 Å². The second kappa shape index (κ2) is 2.77. The summed E-state index contributed by atoms with van der Waals surface area (Å²) in [6, 6.07) is 1.14. The molecule has 1 aliphatic rings. The zero-order valence-corrected chi connectivity index (χ0v) is 6.86. The van der Waals surface area contributed by atoms with Crippen molar-refractivity contribution in [3.05, 3.63) is 23.5 Å². The summed E-state index contributed by atoms with van der Waals surface area (Å²) in [5.74, 6) is 0. The molecule has 0 bridgehead atoms. The highest BCUT2D eigenvalue weighted by Gasteiger charge is 2.35. The lowest BCUT2D eigenvalue weighted by Crippen LogP contribution is -2.29. The Kier molecular flexibility index (Phi) is 1.83. The third-order valence-electron chi connectivity index (χ3n) is 2.21. The maximum absolute atomic E-state index is 12.4. The van der Waals surface area contributed by atoms with Gasteiger partial charge < -0.3 is 9.88 Å². The van der Waals surface area contributed by atoms with Crippen molar-refractivity contribution in [1.82, 2.24) is 9.88 Å². The number of aromatic nitrogens is 1. The predicted molar refractivity (Wildman–Crippen MR) is 41.1 cm³/mol. The molecule has 72 valence electrons. The minimum Gasteiger partial charge on any atom is -0.348 e. The van der Waals surface area contributed by atoms with Gasteiger partial charge in [0.15, 0.2) is 0 Å². The normalized spacial score (nSPS) is 17.2. The van der Waals surface area contributed by atoms with E-state index in [9.17, 15) is 13.2 Å². The van der Waals surface area contributed by atoms with Crippen molar-refractivity contribution in [1.29, 1.82) is 0 Å². The van der Waals surface area contributed by atoms with Crippen molar-refractivity contribution in [2.75, 3.05) is 6.54 Å². The van der Waals surface area contributed by atoms with Crippen molar-refractivity contribution in [3.63, 3.8) is 0 Å². The van der Waals surface area contributed by atoms with Gasteiger partial charge in [-0.25, -0.2) is 0 Å². The van der Waals surface area contributed by atoms with E-state index in [0.717, 1.165) is 12.6 Å². The summed E-state index contributed by atoms with van der Waals surface area (Å²) in [7, 11) is 0. The maximum atomic E-state index is 12.4. The Hall–Kier alpha value is -0.970. The molecular formula is C8H9F3N2. The topological polar surface area (TPSA) is 17.0 Å². The van der Waals surface area contributed by atoms with Gasteiger partial charge in [0.05, 0.1) is 5.56 Å². The van der Waals surface area contributed by atoms with Crippen LogP contribution in [-0.2, 0) is 19.3 Å². The third kappa shape index (κ3) is 1.44. The SMILES string of the molecule is FC(F)(F)c1ccn2c1CNCC2. The molecule has 0 aromatic carbocycles. The standard InChI is InChI=1S/C8H9F3N2/c9-8(10,11)6-1-3-13-4-2-12-5-7(6)13/h1,3,12H,2,4-5H2. The number of halogens is 3. The fourth-order valence-electron chi connectivity index (χ4n) is 1.58. The van der Waals surface area contributed by atoms with Crippen molar-refractivity contribution < 1.29 is 13.2 Å². The summed E-state index contributed by atoms with van der Waals surface area (Å²) in [4.78, 5) is 0. The van der Waals surface area contributed by atoms with Crippen LogP contribution in [0.15, 0.2) is 12.3 Å². The molecule has 13 heavy (non-hydrogen) atoms. The molecule has 0 radical (unpaired) electrons. The van der Waals surface area contributed by atoms with Crippen LogP contribution in [0.5, 0.6) is 0 Å². The quantitative estimate of drug-likeness (QED) is 0.657. The van der Waals surface area contributed by atoms with Crippen LogP contribution in [0.3, 0.4) is 0 Å². The molecule has 2 heterocycles. The minimum absolute atomic E-state index is 0.307. The summed E-state index contributed by atoms with van der Waals surface area (Å²) in [5, 5.41) is 2.92. The smallest absolute Gasteiger partial charge is 0.348 e. The van der Waals surface area contributed by atoms with Crippen LogP contribution in [-0.4, -0.2) is 11.1 Å². The third-order valence-corrected chi connectivity index (χ3v) is 2.21. The van der Waals surface area contributed by atoms with E-state index in [-0.39, 0.29) is 0 Å². The highest BCUT2D eigenvalue weighted by atomic mass is 19.4. The lowest BCUT2D eigenvalue weighted by Gasteiger charge is -2.18. The van der Waals surface area contributed by atoms with Gasteiger partial charge >= 0.3 is 6.18 Å². The van der Waals surface area contributed by atoms with Crippen LogP contribution >= 0.6 is 0 Å². The maximum Gasteiger partial charge on any atom is 0.418 e. The number of nitrogens with one attached hydrogen (secondary N) is 1. The first-order chi connectivity index (χ1) is 6.09. The molecule has 0 fully saturated rings. The molecule has 5 heteroatoms. The molecule has 0 saturated carbocycles. The number of rotatable bonds is 0. The Morgan fingerprint density at radius 2 is 2.15 bits per heavy atom. The Balaban J connectivity index is 2.43. The van der Waals surface area contributed by atoms with E-state index in [0.29, 0.717) is 18.8 Å². The molecule has 1 aromatic heterocycles. The van der Waals surface area contributed by atoms with Gasteiger partial charge in [-0.15, -0.1) is 0 Å². The number of hydrogen-bond acceptors (Lipinski definition) is 1. The summed E-state index contributed by atoms with van der Waals surface area (Å²) in [5.41, 5.74) is -0.168. The van der Waals surface area contributed by atoms with Gasteiger partial charge in [0.25, 0.3) is 0 Å². The zero-order chi connectivity index (χ0) is 9.47. The molecular weight excluding hydrogens is 181 g/mol. The van der Waals surface area contributed by atoms with Crippen molar-refractivity contribution in [2.45, 2.75) is 19.3 Å². The molecule has 0 aliphatic carbocycles. The van der Waals surface area contributed by atoms with Gasteiger partial charge in [-0.05, 0) is 6.07 Å². The van der Waals surface area contributed by atoms with E-state index in [1.54, 1.807) is 4.57 Å². The van der Waals surface area contributed by atoms with Crippen LogP contribution in [0.25, 0.3) is 0 Å². The van der Waals surface area contributed by atoms with Crippen LogP contribution in [0.1, 0.15) is 11.3 Å². The summed E-state index contributed by atoms with van der Waals surface area (Å²) < 4.78 is 38.8. The first-order valence-electron chi connectivity index (χ1n) is 4.05. The van der Waals surface area contributed by atoms with Gasteiger partial charge in [0.2, 0.25) is 0 Å². The van der Waals surface area contributed by atoms with E-state index < -0.39 is 11.7 Å². The van der Waals surface area contributed by atoms with E-state index in [1.165, 1.54) is 6.20 Å². The molecule has 0 atom stereocenters. The van der Waals surface area contributed by atoms with Crippen molar-refractivity contribution in [3.8, 4) is 0 Å². The zero-order valence-electron chi connectivity index (χ0n) is 6.86. The molecule has 1 aromatic rings. The number of hydrogen-bond donors (Lipinski definition) is 1. The summed E-state index contributed by atoms with van der Waals surface area (Å²) >= 11 is 0. The molecule has 0 spiro atoms. The fraction of sp³-hybridized carbons (Fsp3) is 0.500. The minimum atomic E-state index is -4.22. The average molecular weight is 190 g/mol. The Morgan fingerprint density at radius 1 is 1.38 bits per heavy atom. The monoisotopic (exact) mass is 190 g/mol. The Morgan fingerprint density at radius 3 is 2.85 bits per heavy atom. The van der Waals surface area contributed by atoms with Gasteiger partial charge in [0, 0.05) is 31.5 Å². The highest BCUT2D eigenvalue weighted by molar-refractivity contribution is 5.26. The second-order valence-electron chi connectivity index (χ2n) is 3.04. The van der Waals surface area contributed by atoms with Gasteiger partial charge in [0.1, 0.15) is 0 Å². The molecule has 1 aliphatic heterocycles. The van der Waals surface area contributed by atoms with E-state index in [4.69, 9.17) is 0 Å². The van der Waals surface area contributed by atoms with Crippen LogP contribution < -0.4 is 5.32 Å². The number of alkyl halides is 3. The average Bonchev–Trinajstić information content (AvgIpc) is 2.45. The first-order valence-corrected chi connectivity index (χ1v) is 4.05. The van der Waals surface area contributed by atoms with Crippen LogP contribution in [0.4, 0.5) is 13.2 Å². The molecule has 0 saturated heterocycles. The number of nitrogens with zero attached hydrogens (tertiary/aromatic N) is 1. The van der Waals surface area contributed by atoms with Crippen LogP contribution in [0, 0.1) is 0 Å². The largest absolute Gasteiger partial charge is 0.418 e. The van der Waals surface area contributed by atoms with Gasteiger partial charge in [-0.1, -0.05) is 0 Å². The van der Waals surface area contributed by atoms with Crippen LogP contribution in [0.2, 0.25) is 0 Å². The summed E-state index contributed by atoms with van der Waals surface area (Å²) in [6.07, 6.45) is -2.72. The van der Waals surface area contributed by atoms with Crippen molar-refractivity contribution >= 4 is 0 Å².